The fraction of sp³-hybridized carbons (Fsp3) is 0.667. The summed E-state index contributed by atoms with van der Waals surface area (Å²) in [4.78, 5) is 10.7. The Hall–Kier alpha value is -0.580. The molecule has 0 radical (unpaired) electrons. The van der Waals surface area contributed by atoms with Gasteiger partial charge in [0.2, 0.25) is 0 Å². The zero-order valence-electron chi connectivity index (χ0n) is 7.95. The van der Waals surface area contributed by atoms with Crippen molar-refractivity contribution in [2.45, 2.75) is 12.8 Å². The molecule has 0 bridgehead atoms. The minimum Gasteiger partial charge on any atom is -0.462 e. The van der Waals surface area contributed by atoms with Crippen LogP contribution in [0.2, 0.25) is 0 Å². The Morgan fingerprint density at radius 3 is 2.64 bits per heavy atom. The molecule has 0 atom stereocenters. The minimum absolute atomic E-state index is 0.134. The van der Waals surface area contributed by atoms with Gasteiger partial charge in [0, 0.05) is 37.9 Å². The van der Waals surface area contributed by atoms with Crippen LogP contribution in [0, 0.1) is 0 Å². The molecule has 0 aromatic carbocycles. The largest absolute Gasteiger partial charge is 0.462 e. The summed E-state index contributed by atoms with van der Waals surface area (Å²) in [7, 11) is 0. The lowest BCUT2D eigenvalue weighted by Gasteiger charge is -2.03. The van der Waals surface area contributed by atoms with Crippen molar-refractivity contribution in [3.63, 3.8) is 0 Å². The smallest absolute Gasteiger partial charge is 0.331 e. The van der Waals surface area contributed by atoms with Gasteiger partial charge in [-0.2, -0.15) is 0 Å². The molecular formula is C9H15ClO4. The number of carbonyl (C=O) groups excluding carboxylic acids is 1. The van der Waals surface area contributed by atoms with Gasteiger partial charge >= 0.3 is 5.97 Å². The molecule has 0 unspecified atom stereocenters. The van der Waals surface area contributed by atoms with Gasteiger partial charge < -0.3 is 14.6 Å². The van der Waals surface area contributed by atoms with Crippen molar-refractivity contribution >= 4 is 17.6 Å². The normalized spacial score (nSPS) is 10.7. The van der Waals surface area contributed by atoms with Crippen molar-refractivity contribution < 1.29 is 19.4 Å². The van der Waals surface area contributed by atoms with Crippen molar-refractivity contribution in [3.05, 3.63) is 11.6 Å². The molecule has 0 fully saturated rings. The van der Waals surface area contributed by atoms with E-state index in [2.05, 4.69) is 0 Å². The second-order valence-electron chi connectivity index (χ2n) is 2.50. The first kappa shape index (κ1) is 13.4. The first-order valence-corrected chi connectivity index (χ1v) is 4.87. The van der Waals surface area contributed by atoms with Gasteiger partial charge in [-0.15, -0.1) is 0 Å². The number of halogens is 1. The minimum atomic E-state index is -0.449. The maximum absolute atomic E-state index is 10.7. The maximum atomic E-state index is 10.7. The molecule has 0 aliphatic rings. The van der Waals surface area contributed by atoms with Crippen LogP contribution in [0.25, 0.3) is 0 Å². The average molecular weight is 223 g/mol. The van der Waals surface area contributed by atoms with E-state index >= 15 is 0 Å². The van der Waals surface area contributed by atoms with Gasteiger partial charge in [-0.3, -0.25) is 0 Å². The van der Waals surface area contributed by atoms with Crippen molar-refractivity contribution in [2.24, 2.45) is 0 Å². The van der Waals surface area contributed by atoms with Crippen molar-refractivity contribution in [1.29, 1.82) is 0 Å². The Bertz CT molecular complexity index is 170. The first-order valence-electron chi connectivity index (χ1n) is 4.43. The Labute approximate surface area is 88.5 Å². The van der Waals surface area contributed by atoms with Crippen LogP contribution in [-0.2, 0) is 14.3 Å². The highest BCUT2D eigenvalue weighted by Gasteiger charge is 1.95. The third-order valence-electron chi connectivity index (χ3n) is 1.32. The summed E-state index contributed by atoms with van der Waals surface area (Å²) in [6.07, 6.45) is 2.43. The highest BCUT2D eigenvalue weighted by atomic mass is 35.5. The predicted octanol–water partition coefficient (Wildman–Crippen LogP) is 1.07. The number of hydrogen-bond donors (Lipinski definition) is 1. The van der Waals surface area contributed by atoms with Gasteiger partial charge in [-0.1, -0.05) is 11.6 Å². The number of aliphatic hydroxyl groups is 1. The Balaban J connectivity index is 3.09. The number of ether oxygens (including phenoxy) is 2. The number of esters is 1. The average Bonchev–Trinajstić information content (AvgIpc) is 2.17. The summed E-state index contributed by atoms with van der Waals surface area (Å²) in [6, 6.07) is 0. The van der Waals surface area contributed by atoms with Crippen LogP contribution in [0.15, 0.2) is 11.6 Å². The quantitative estimate of drug-likeness (QED) is 0.379. The van der Waals surface area contributed by atoms with Crippen LogP contribution < -0.4 is 0 Å². The lowest BCUT2D eigenvalue weighted by molar-refractivity contribution is -0.138. The van der Waals surface area contributed by atoms with Crippen LogP contribution in [0.1, 0.15) is 12.8 Å². The second-order valence-corrected chi connectivity index (χ2v) is 2.76. The summed E-state index contributed by atoms with van der Waals surface area (Å²) in [5, 5.41) is 8.43. The molecule has 82 valence electrons. The summed E-state index contributed by atoms with van der Waals surface area (Å²) in [5.41, 5.74) is 1.11. The topological polar surface area (TPSA) is 55.8 Å². The molecule has 0 rings (SSSR count). The Kier molecular flexibility index (Phi) is 10.1. The molecule has 0 aliphatic carbocycles. The molecule has 0 saturated carbocycles. The van der Waals surface area contributed by atoms with Crippen LogP contribution in [0.5, 0.6) is 0 Å². The summed E-state index contributed by atoms with van der Waals surface area (Å²) in [6.45, 7) is 1.51. The Morgan fingerprint density at radius 2 is 2.00 bits per heavy atom. The van der Waals surface area contributed by atoms with Gasteiger partial charge in [0.05, 0.1) is 6.61 Å². The van der Waals surface area contributed by atoms with E-state index in [1.54, 1.807) is 0 Å². The zero-order valence-corrected chi connectivity index (χ0v) is 8.70. The summed E-state index contributed by atoms with van der Waals surface area (Å²) >= 11 is 5.16. The molecule has 4 nitrogen and oxygen atoms in total. The second kappa shape index (κ2) is 10.5. The standard InChI is InChI=1S/C9H15ClO4/c10-4-3-9(12)14-8-2-7-13-6-1-5-11/h3-4,11H,1-2,5-8H2. The highest BCUT2D eigenvalue weighted by molar-refractivity contribution is 6.26. The molecule has 0 amide bonds. The van der Waals surface area contributed by atoms with Gasteiger partial charge in [-0.25, -0.2) is 4.79 Å². The van der Waals surface area contributed by atoms with Crippen molar-refractivity contribution in [2.75, 3.05) is 26.4 Å². The lowest BCUT2D eigenvalue weighted by Crippen LogP contribution is -2.06. The fourth-order valence-electron chi connectivity index (χ4n) is 0.702. The molecule has 0 aromatic rings. The number of aliphatic hydroxyl groups excluding tert-OH is 1. The van der Waals surface area contributed by atoms with Crippen LogP contribution >= 0.6 is 11.6 Å². The van der Waals surface area contributed by atoms with E-state index in [-0.39, 0.29) is 6.61 Å². The fourth-order valence-corrected chi connectivity index (χ4v) is 0.805. The molecule has 0 aliphatic heterocycles. The van der Waals surface area contributed by atoms with E-state index in [9.17, 15) is 4.79 Å². The number of rotatable bonds is 8. The molecule has 0 heterocycles. The van der Waals surface area contributed by atoms with Crippen molar-refractivity contribution in [3.8, 4) is 0 Å². The van der Waals surface area contributed by atoms with Crippen LogP contribution in [0.4, 0.5) is 0 Å². The molecule has 0 aromatic heterocycles. The third kappa shape index (κ3) is 9.51. The molecule has 14 heavy (non-hydrogen) atoms. The van der Waals surface area contributed by atoms with Gasteiger partial charge in [0.25, 0.3) is 0 Å². The number of carbonyl (C=O) groups is 1. The number of hydrogen-bond acceptors (Lipinski definition) is 4. The highest BCUT2D eigenvalue weighted by Crippen LogP contribution is 1.89. The molecule has 5 heteroatoms. The van der Waals surface area contributed by atoms with E-state index in [4.69, 9.17) is 26.2 Å². The monoisotopic (exact) mass is 222 g/mol. The van der Waals surface area contributed by atoms with E-state index in [1.807, 2.05) is 0 Å². The Morgan fingerprint density at radius 1 is 1.29 bits per heavy atom. The predicted molar refractivity (Wildman–Crippen MR) is 53.1 cm³/mol. The van der Waals surface area contributed by atoms with Crippen LogP contribution in [0.3, 0.4) is 0 Å². The van der Waals surface area contributed by atoms with Crippen molar-refractivity contribution in [1.82, 2.24) is 0 Å². The molecule has 0 saturated heterocycles. The molecule has 0 spiro atoms. The lowest BCUT2D eigenvalue weighted by atomic mass is 10.4. The summed E-state index contributed by atoms with van der Waals surface area (Å²) < 4.78 is 9.87. The van der Waals surface area contributed by atoms with Crippen LogP contribution in [-0.4, -0.2) is 37.5 Å². The van der Waals surface area contributed by atoms with E-state index in [0.717, 1.165) is 11.6 Å². The van der Waals surface area contributed by atoms with Gasteiger partial charge in [0.15, 0.2) is 0 Å². The third-order valence-corrected chi connectivity index (χ3v) is 1.45. The first-order chi connectivity index (χ1) is 6.81. The van der Waals surface area contributed by atoms with Gasteiger partial charge in [-0.05, 0) is 6.42 Å². The van der Waals surface area contributed by atoms with Gasteiger partial charge in [0.1, 0.15) is 0 Å². The zero-order chi connectivity index (χ0) is 10.6. The SMILES string of the molecule is O=C(C=CCl)OCCCOCCCO. The maximum Gasteiger partial charge on any atom is 0.331 e. The van der Waals surface area contributed by atoms with E-state index in [1.165, 1.54) is 0 Å². The summed E-state index contributed by atoms with van der Waals surface area (Å²) in [5.74, 6) is -0.449. The molecule has 1 N–H and O–H groups in total. The van der Waals surface area contributed by atoms with E-state index < -0.39 is 5.97 Å². The van der Waals surface area contributed by atoms with E-state index in [0.29, 0.717) is 32.7 Å². The molecular weight excluding hydrogens is 208 g/mol.